The van der Waals surface area contributed by atoms with Crippen LogP contribution in [0.4, 0.5) is 4.79 Å². The Labute approximate surface area is 257 Å². The van der Waals surface area contributed by atoms with Crippen molar-refractivity contribution >= 4 is 52.8 Å². The molecule has 1 aliphatic rings. The molecule has 0 saturated carbocycles. The van der Waals surface area contributed by atoms with Crippen LogP contribution >= 0.6 is 12.2 Å². The number of Topliss-reactive ketones (excluding diaryl/α,β-unsaturated/α-hetero) is 1. The smallest absolute Gasteiger partial charge is 0.335 e. The molecule has 16 heteroatoms. The van der Waals surface area contributed by atoms with Crippen LogP contribution < -0.4 is 27.0 Å². The molecule has 6 N–H and O–H groups in total. The summed E-state index contributed by atoms with van der Waals surface area (Å²) in [5.74, 6) is -2.47. The molecule has 1 aliphatic heterocycles. The number of primary amides is 1. The lowest BCUT2D eigenvalue weighted by atomic mass is 9.84. The molecule has 0 unspecified atom stereocenters. The van der Waals surface area contributed by atoms with Gasteiger partial charge >= 0.3 is 12.0 Å². The molecule has 0 aromatic carbocycles. The van der Waals surface area contributed by atoms with E-state index in [2.05, 4.69) is 21.3 Å². The molecule has 2 atom stereocenters. The van der Waals surface area contributed by atoms with E-state index in [9.17, 15) is 28.8 Å². The average molecular weight is 631 g/mol. The van der Waals surface area contributed by atoms with Crippen molar-refractivity contribution in [2.24, 2.45) is 17.1 Å². The standard InChI is InChI=1S/C27H46N6O9S/c1-17(2)22(24(38)31-18(23(37)27(3,4)5)7-6-11-29-25(28)39)32-26(43)30-12-14-41-16-15-40-13-10-21(36)42-33-19(34)8-9-20(33)35/h17-18,22H,6-16H2,1-5H3,(H,31,38)(H3,28,29,39)(H2,30,32,43)/t18-,22-/m0/s1. The molecule has 43 heavy (non-hydrogen) atoms. The van der Waals surface area contributed by atoms with Crippen LogP contribution in [-0.4, -0.2) is 97.3 Å². The van der Waals surface area contributed by atoms with Gasteiger partial charge in [0, 0.05) is 31.3 Å². The molecule has 1 saturated heterocycles. The fourth-order valence-electron chi connectivity index (χ4n) is 3.82. The number of hydrogen-bond acceptors (Lipinski definition) is 10. The molecule has 1 rings (SSSR count). The Balaban J connectivity index is 2.35. The Kier molecular flexibility index (Phi) is 16.7. The molecule has 0 spiro atoms. The number of rotatable bonds is 19. The molecule has 0 aliphatic carbocycles. The molecule has 0 bridgehead atoms. The topological polar surface area (TPSA) is 207 Å². The third kappa shape index (κ3) is 15.1. The molecule has 0 aromatic rings. The minimum absolute atomic E-state index is 0.0313. The van der Waals surface area contributed by atoms with Crippen molar-refractivity contribution in [3.8, 4) is 0 Å². The van der Waals surface area contributed by atoms with Crippen molar-refractivity contribution in [3.05, 3.63) is 0 Å². The van der Waals surface area contributed by atoms with Crippen LogP contribution in [0.2, 0.25) is 0 Å². The number of imide groups is 1. The van der Waals surface area contributed by atoms with E-state index >= 15 is 0 Å². The number of carbonyl (C=O) groups excluding carboxylic acids is 6. The zero-order valence-corrected chi connectivity index (χ0v) is 26.4. The zero-order valence-electron chi connectivity index (χ0n) is 25.6. The van der Waals surface area contributed by atoms with Crippen molar-refractivity contribution in [2.45, 2.75) is 78.8 Å². The Bertz CT molecular complexity index is 986. The van der Waals surface area contributed by atoms with Crippen molar-refractivity contribution in [3.63, 3.8) is 0 Å². The minimum atomic E-state index is -0.744. The number of ether oxygens (including phenoxy) is 2. The van der Waals surface area contributed by atoms with E-state index in [0.717, 1.165) is 0 Å². The number of amides is 5. The first-order valence-electron chi connectivity index (χ1n) is 14.3. The highest BCUT2D eigenvalue weighted by Crippen LogP contribution is 2.19. The van der Waals surface area contributed by atoms with Crippen molar-refractivity contribution in [1.29, 1.82) is 0 Å². The first-order chi connectivity index (χ1) is 20.1. The quantitative estimate of drug-likeness (QED) is 0.0729. The Morgan fingerprint density at radius 3 is 2.09 bits per heavy atom. The van der Waals surface area contributed by atoms with Gasteiger partial charge in [0.1, 0.15) is 6.04 Å². The number of hydrogen-bond donors (Lipinski definition) is 5. The Morgan fingerprint density at radius 1 is 0.930 bits per heavy atom. The molecule has 0 aromatic heterocycles. The second-order valence-electron chi connectivity index (χ2n) is 11.3. The summed E-state index contributed by atoms with van der Waals surface area (Å²) in [6.07, 6.45) is 0.728. The number of thiocarbonyl (C=S) groups is 1. The summed E-state index contributed by atoms with van der Waals surface area (Å²) >= 11 is 5.34. The van der Waals surface area contributed by atoms with E-state index in [4.69, 9.17) is 32.3 Å². The van der Waals surface area contributed by atoms with Crippen LogP contribution in [-0.2, 0) is 38.3 Å². The van der Waals surface area contributed by atoms with Gasteiger partial charge in [-0.3, -0.25) is 19.2 Å². The lowest BCUT2D eigenvalue weighted by molar-refractivity contribution is -0.198. The third-order valence-electron chi connectivity index (χ3n) is 6.13. The van der Waals surface area contributed by atoms with E-state index in [0.29, 0.717) is 24.4 Å². The largest absolute Gasteiger partial charge is 0.378 e. The van der Waals surface area contributed by atoms with Gasteiger partial charge in [-0.2, -0.15) is 0 Å². The van der Waals surface area contributed by atoms with Gasteiger partial charge in [-0.1, -0.05) is 34.6 Å². The van der Waals surface area contributed by atoms with E-state index in [1.54, 1.807) is 20.8 Å². The SMILES string of the molecule is CC(C)[C@H](NC(=S)NCCOCCOCCC(=O)ON1C(=O)CCC1=O)C(=O)N[C@@H](CCCNC(N)=O)C(=O)C(C)(C)C. The molecule has 1 fully saturated rings. The van der Waals surface area contributed by atoms with E-state index < -0.39 is 41.3 Å². The zero-order chi connectivity index (χ0) is 32.6. The van der Waals surface area contributed by atoms with Gasteiger partial charge in [0.25, 0.3) is 11.8 Å². The minimum Gasteiger partial charge on any atom is -0.378 e. The molecule has 1 heterocycles. The number of nitrogens with zero attached hydrogens (tertiary/aromatic N) is 1. The third-order valence-corrected chi connectivity index (χ3v) is 6.39. The number of carbonyl (C=O) groups is 6. The van der Waals surface area contributed by atoms with Crippen LogP contribution in [0, 0.1) is 11.3 Å². The number of hydroxylamine groups is 2. The second kappa shape index (κ2) is 19.0. The van der Waals surface area contributed by atoms with Crippen LogP contribution in [0.25, 0.3) is 0 Å². The lowest BCUT2D eigenvalue weighted by Crippen LogP contribution is -2.56. The number of ketones is 1. The average Bonchev–Trinajstić information content (AvgIpc) is 3.23. The lowest BCUT2D eigenvalue weighted by Gasteiger charge is -2.29. The van der Waals surface area contributed by atoms with E-state index in [1.807, 2.05) is 13.8 Å². The van der Waals surface area contributed by atoms with Crippen LogP contribution in [0.1, 0.15) is 66.7 Å². The molecule has 244 valence electrons. The van der Waals surface area contributed by atoms with Gasteiger partial charge in [0.15, 0.2) is 10.9 Å². The van der Waals surface area contributed by atoms with Gasteiger partial charge in [-0.05, 0) is 31.0 Å². The fraction of sp³-hybridized carbons (Fsp3) is 0.741. The van der Waals surface area contributed by atoms with Gasteiger partial charge in [0.05, 0.1) is 38.9 Å². The maximum Gasteiger partial charge on any atom is 0.335 e. The summed E-state index contributed by atoms with van der Waals surface area (Å²) in [5.41, 5.74) is 4.41. The highest BCUT2D eigenvalue weighted by atomic mass is 32.1. The van der Waals surface area contributed by atoms with Gasteiger partial charge in [-0.25, -0.2) is 9.59 Å². The highest BCUT2D eigenvalue weighted by molar-refractivity contribution is 7.80. The summed E-state index contributed by atoms with van der Waals surface area (Å²) in [7, 11) is 0. The summed E-state index contributed by atoms with van der Waals surface area (Å²) in [6, 6.07) is -2.10. The summed E-state index contributed by atoms with van der Waals surface area (Å²) in [6.45, 7) is 10.5. The predicted octanol–water partition coefficient (Wildman–Crippen LogP) is 0.0541. The van der Waals surface area contributed by atoms with Crippen LogP contribution in [0.5, 0.6) is 0 Å². The summed E-state index contributed by atoms with van der Waals surface area (Å²) in [5, 5.41) is 12.0. The highest BCUT2D eigenvalue weighted by Gasteiger charge is 2.34. The van der Waals surface area contributed by atoms with Crippen LogP contribution in [0.3, 0.4) is 0 Å². The maximum atomic E-state index is 13.2. The first-order valence-corrected chi connectivity index (χ1v) is 14.7. The van der Waals surface area contributed by atoms with E-state index in [1.165, 1.54) is 0 Å². The van der Waals surface area contributed by atoms with Gasteiger partial charge in [-0.15, -0.1) is 5.06 Å². The number of urea groups is 1. The monoisotopic (exact) mass is 630 g/mol. The number of nitrogens with two attached hydrogens (primary N) is 1. The van der Waals surface area contributed by atoms with E-state index in [-0.39, 0.29) is 75.0 Å². The maximum absolute atomic E-state index is 13.2. The number of nitrogens with one attached hydrogen (secondary N) is 4. The first kappa shape index (κ1) is 37.7. The fourth-order valence-corrected chi connectivity index (χ4v) is 4.05. The van der Waals surface area contributed by atoms with Gasteiger partial charge in [0.2, 0.25) is 5.91 Å². The molecule has 5 amide bonds. The normalized spacial score (nSPS) is 14.7. The molecule has 0 radical (unpaired) electrons. The Morgan fingerprint density at radius 2 is 1.53 bits per heavy atom. The van der Waals surface area contributed by atoms with Crippen molar-refractivity contribution in [1.82, 2.24) is 26.3 Å². The molecular weight excluding hydrogens is 584 g/mol. The van der Waals surface area contributed by atoms with Crippen LogP contribution in [0.15, 0.2) is 0 Å². The Hall–Kier alpha value is -3.37. The molecular formula is C27H46N6O9S. The van der Waals surface area contributed by atoms with Crippen molar-refractivity contribution < 1.29 is 43.1 Å². The summed E-state index contributed by atoms with van der Waals surface area (Å²) < 4.78 is 10.8. The predicted molar refractivity (Wildman–Crippen MR) is 159 cm³/mol. The summed E-state index contributed by atoms with van der Waals surface area (Å²) in [4.78, 5) is 76.4. The van der Waals surface area contributed by atoms with Gasteiger partial charge < -0.3 is 41.3 Å². The molecule has 15 nitrogen and oxygen atoms in total. The van der Waals surface area contributed by atoms with Crippen molar-refractivity contribution in [2.75, 3.05) is 39.5 Å². The second-order valence-corrected chi connectivity index (χ2v) is 11.7.